The summed E-state index contributed by atoms with van der Waals surface area (Å²) in [5, 5.41) is 9.83. The number of hydrogen-bond donors (Lipinski definition) is 1. The Bertz CT molecular complexity index is 943. The third-order valence-electron chi connectivity index (χ3n) is 5.10. The Hall–Kier alpha value is -2.72. The van der Waals surface area contributed by atoms with Crippen molar-refractivity contribution in [2.24, 2.45) is 5.73 Å². The lowest BCUT2D eigenvalue weighted by Crippen LogP contribution is -2.36. The van der Waals surface area contributed by atoms with Gasteiger partial charge < -0.3 is 20.1 Å². The number of nitrogens with zero attached hydrogens (tertiary/aromatic N) is 2. The van der Waals surface area contributed by atoms with E-state index in [1.54, 1.807) is 31.2 Å². The smallest absolute Gasteiger partial charge is 0.175 e. The van der Waals surface area contributed by atoms with E-state index in [0.29, 0.717) is 46.0 Å². The van der Waals surface area contributed by atoms with Crippen molar-refractivity contribution >= 4 is 21.7 Å². The van der Waals surface area contributed by atoms with Gasteiger partial charge in [0.05, 0.1) is 29.1 Å². The van der Waals surface area contributed by atoms with Gasteiger partial charge in [-0.2, -0.15) is 5.26 Å². The molecule has 0 amide bonds. The van der Waals surface area contributed by atoms with Crippen molar-refractivity contribution in [2.75, 3.05) is 20.8 Å². The highest BCUT2D eigenvalue weighted by Gasteiger charge is 2.39. The summed E-state index contributed by atoms with van der Waals surface area (Å²) in [6.07, 6.45) is 3.66. The van der Waals surface area contributed by atoms with Crippen molar-refractivity contribution in [3.63, 3.8) is 0 Å². The average Bonchev–Trinajstić information content (AvgIpc) is 2.69. The maximum absolute atomic E-state index is 12.8. The molecule has 7 heteroatoms. The number of nitrogens with two attached hydrogens (primary N) is 1. The average molecular weight is 444 g/mol. The SMILES string of the molecule is C=CCOc1c(Br)cc([C@@H]2C(C#N)=C(N)N(C)C3=C2C(=O)CCC3)cc1OC. The van der Waals surface area contributed by atoms with Crippen LogP contribution in [0.1, 0.15) is 30.7 Å². The van der Waals surface area contributed by atoms with Crippen molar-refractivity contribution in [1.29, 1.82) is 5.26 Å². The summed E-state index contributed by atoms with van der Waals surface area (Å²) in [4.78, 5) is 14.6. The predicted octanol–water partition coefficient (Wildman–Crippen LogP) is 3.75. The molecule has 1 aliphatic carbocycles. The van der Waals surface area contributed by atoms with Gasteiger partial charge in [-0.15, -0.1) is 0 Å². The number of Topliss-reactive ketones (excluding diaryl/α,β-unsaturated/α-hetero) is 1. The number of benzene rings is 1. The zero-order valence-electron chi connectivity index (χ0n) is 15.9. The number of carbonyl (C=O) groups is 1. The predicted molar refractivity (Wildman–Crippen MR) is 110 cm³/mol. The van der Waals surface area contributed by atoms with E-state index in [9.17, 15) is 10.1 Å². The van der Waals surface area contributed by atoms with Crippen LogP contribution in [-0.4, -0.2) is 31.4 Å². The van der Waals surface area contributed by atoms with Crippen LogP contribution in [-0.2, 0) is 4.79 Å². The van der Waals surface area contributed by atoms with Gasteiger partial charge in [0.25, 0.3) is 0 Å². The molecular formula is C21H22BrN3O3. The third-order valence-corrected chi connectivity index (χ3v) is 5.69. The minimum absolute atomic E-state index is 0.0559. The number of ketones is 1. The fraction of sp³-hybridized carbons (Fsp3) is 0.333. The van der Waals surface area contributed by atoms with E-state index >= 15 is 0 Å². The Morgan fingerprint density at radius 2 is 2.21 bits per heavy atom. The highest BCUT2D eigenvalue weighted by atomic mass is 79.9. The molecule has 0 saturated carbocycles. The van der Waals surface area contributed by atoms with E-state index in [4.69, 9.17) is 15.2 Å². The second-order valence-electron chi connectivity index (χ2n) is 6.67. The highest BCUT2D eigenvalue weighted by molar-refractivity contribution is 9.10. The quantitative estimate of drug-likeness (QED) is 0.696. The molecular weight excluding hydrogens is 422 g/mol. The van der Waals surface area contributed by atoms with Crippen LogP contribution in [0.2, 0.25) is 0 Å². The van der Waals surface area contributed by atoms with Crippen molar-refractivity contribution < 1.29 is 14.3 Å². The third kappa shape index (κ3) is 3.29. The van der Waals surface area contributed by atoms with Gasteiger partial charge in [-0.3, -0.25) is 4.79 Å². The molecule has 1 heterocycles. The van der Waals surface area contributed by atoms with Crippen LogP contribution >= 0.6 is 15.9 Å². The summed E-state index contributed by atoms with van der Waals surface area (Å²) in [6, 6.07) is 5.88. The summed E-state index contributed by atoms with van der Waals surface area (Å²) in [7, 11) is 3.35. The van der Waals surface area contributed by atoms with Gasteiger partial charge in [-0.1, -0.05) is 12.7 Å². The number of methoxy groups -OCH3 is 1. The van der Waals surface area contributed by atoms with E-state index < -0.39 is 5.92 Å². The van der Waals surface area contributed by atoms with Crippen molar-refractivity contribution in [3.8, 4) is 17.6 Å². The molecule has 146 valence electrons. The fourth-order valence-corrected chi connectivity index (χ4v) is 4.36. The number of nitriles is 1. The largest absolute Gasteiger partial charge is 0.493 e. The van der Waals surface area contributed by atoms with Gasteiger partial charge in [0, 0.05) is 24.7 Å². The van der Waals surface area contributed by atoms with Gasteiger partial charge in [0.2, 0.25) is 0 Å². The Labute approximate surface area is 173 Å². The summed E-state index contributed by atoms with van der Waals surface area (Å²) in [5.74, 6) is 0.955. The lowest BCUT2D eigenvalue weighted by molar-refractivity contribution is -0.116. The molecule has 0 aromatic heterocycles. The number of ether oxygens (including phenoxy) is 2. The lowest BCUT2D eigenvalue weighted by atomic mass is 9.76. The van der Waals surface area contributed by atoms with E-state index in [-0.39, 0.29) is 5.78 Å². The summed E-state index contributed by atoms with van der Waals surface area (Å²) < 4.78 is 11.9. The zero-order valence-corrected chi connectivity index (χ0v) is 17.5. The number of allylic oxidation sites excluding steroid dienone is 3. The molecule has 3 rings (SSSR count). The molecule has 1 aromatic rings. The highest BCUT2D eigenvalue weighted by Crippen LogP contribution is 2.47. The Kier molecular flexibility index (Phi) is 5.80. The maximum atomic E-state index is 12.8. The molecule has 2 N–H and O–H groups in total. The summed E-state index contributed by atoms with van der Waals surface area (Å²) in [6.45, 7) is 3.98. The molecule has 1 atom stereocenters. The fourth-order valence-electron chi connectivity index (χ4n) is 3.78. The van der Waals surface area contributed by atoms with E-state index in [0.717, 1.165) is 24.1 Å². The molecule has 6 nitrogen and oxygen atoms in total. The van der Waals surface area contributed by atoms with E-state index in [2.05, 4.69) is 28.6 Å². The second kappa shape index (κ2) is 8.11. The first-order valence-electron chi connectivity index (χ1n) is 8.95. The molecule has 0 fully saturated rings. The summed E-state index contributed by atoms with van der Waals surface area (Å²) >= 11 is 3.53. The van der Waals surface area contributed by atoms with E-state index in [1.807, 2.05) is 6.07 Å². The zero-order chi connectivity index (χ0) is 20.4. The maximum Gasteiger partial charge on any atom is 0.175 e. The Balaban J connectivity index is 2.20. The Morgan fingerprint density at radius 1 is 1.46 bits per heavy atom. The molecule has 0 radical (unpaired) electrons. The van der Waals surface area contributed by atoms with Crippen molar-refractivity contribution in [3.05, 3.63) is 57.5 Å². The van der Waals surface area contributed by atoms with Crippen molar-refractivity contribution in [2.45, 2.75) is 25.2 Å². The van der Waals surface area contributed by atoms with Crippen LogP contribution in [0.25, 0.3) is 0 Å². The number of hydrogen-bond acceptors (Lipinski definition) is 6. The van der Waals surface area contributed by atoms with Gasteiger partial charge >= 0.3 is 0 Å². The molecule has 1 aliphatic heterocycles. The minimum Gasteiger partial charge on any atom is -0.493 e. The van der Waals surface area contributed by atoms with Crippen LogP contribution in [0.5, 0.6) is 11.5 Å². The molecule has 0 spiro atoms. The molecule has 2 aliphatic rings. The van der Waals surface area contributed by atoms with Crippen LogP contribution in [0.4, 0.5) is 0 Å². The van der Waals surface area contributed by atoms with Crippen molar-refractivity contribution in [1.82, 2.24) is 4.90 Å². The van der Waals surface area contributed by atoms with Gasteiger partial charge in [-0.05, 0) is 46.5 Å². The number of halogens is 1. The second-order valence-corrected chi connectivity index (χ2v) is 7.53. The molecule has 0 saturated heterocycles. The monoisotopic (exact) mass is 443 g/mol. The Morgan fingerprint density at radius 3 is 2.86 bits per heavy atom. The first kappa shape index (κ1) is 20.0. The standard InChI is InChI=1S/C21H22BrN3O3/c1-4-8-28-20-14(22)9-12(10-17(20)27-3)18-13(11-23)21(24)25(2)15-6-5-7-16(26)19(15)18/h4,9-10,18H,1,5-8,24H2,2-3H3/t18-/m1/s1. The minimum atomic E-state index is -0.525. The van der Waals surface area contributed by atoms with E-state index in [1.165, 1.54) is 0 Å². The molecule has 0 bridgehead atoms. The van der Waals surface area contributed by atoms with Gasteiger partial charge in [0.1, 0.15) is 12.4 Å². The van der Waals surface area contributed by atoms with Crippen LogP contribution in [0.3, 0.4) is 0 Å². The van der Waals surface area contributed by atoms with Gasteiger partial charge in [-0.25, -0.2) is 0 Å². The van der Waals surface area contributed by atoms with Crippen LogP contribution in [0.15, 0.2) is 51.9 Å². The molecule has 1 aromatic carbocycles. The lowest BCUT2D eigenvalue weighted by Gasteiger charge is -2.37. The molecule has 28 heavy (non-hydrogen) atoms. The van der Waals surface area contributed by atoms with Crippen LogP contribution < -0.4 is 15.2 Å². The first-order chi connectivity index (χ1) is 13.4. The van der Waals surface area contributed by atoms with Crippen LogP contribution in [0, 0.1) is 11.3 Å². The number of carbonyl (C=O) groups excluding carboxylic acids is 1. The van der Waals surface area contributed by atoms with Gasteiger partial charge in [0.15, 0.2) is 17.3 Å². The first-order valence-corrected chi connectivity index (χ1v) is 9.74. The number of rotatable bonds is 5. The topological polar surface area (TPSA) is 88.6 Å². The molecule has 0 unspecified atom stereocenters. The normalized spacial score (nSPS) is 19.3. The summed E-state index contributed by atoms with van der Waals surface area (Å²) in [5.41, 5.74) is 8.93.